The van der Waals surface area contributed by atoms with Gasteiger partial charge in [0.15, 0.2) is 5.69 Å². The van der Waals surface area contributed by atoms with Crippen LogP contribution in [-0.4, -0.2) is 39.6 Å². The number of nitrogens with two attached hydrogens (primary N) is 1. The number of H-pyrrole nitrogens is 1. The van der Waals surface area contributed by atoms with Crippen LogP contribution in [0.25, 0.3) is 11.3 Å². The number of nitrogens with zero attached hydrogens (tertiary/aromatic N) is 2. The van der Waals surface area contributed by atoms with Crippen LogP contribution < -0.4 is 11.2 Å². The molecular formula is C16H21BN4O3. The SMILES string of the molecule is Cc1cc(-c2n[nH]nc2C(N)=O)ccc1B1OC(C)(C)C(C)(C)O1. The highest BCUT2D eigenvalue weighted by molar-refractivity contribution is 6.62. The second-order valence-electron chi connectivity index (χ2n) is 7.04. The topological polar surface area (TPSA) is 103 Å². The third-order valence-corrected chi connectivity index (χ3v) is 4.83. The van der Waals surface area contributed by atoms with Crippen molar-refractivity contribution in [2.75, 3.05) is 0 Å². The molecule has 1 aromatic carbocycles. The van der Waals surface area contributed by atoms with Gasteiger partial charge in [-0.3, -0.25) is 4.79 Å². The number of carbonyl (C=O) groups is 1. The average molecular weight is 328 g/mol. The van der Waals surface area contributed by atoms with Crippen LogP contribution in [0.4, 0.5) is 0 Å². The minimum atomic E-state index is -0.619. The number of hydrogen-bond acceptors (Lipinski definition) is 5. The van der Waals surface area contributed by atoms with Crippen molar-refractivity contribution in [3.05, 3.63) is 29.5 Å². The molecule has 0 atom stereocenters. The molecule has 0 aliphatic carbocycles. The zero-order valence-corrected chi connectivity index (χ0v) is 14.5. The monoisotopic (exact) mass is 328 g/mol. The number of aromatic nitrogens is 3. The lowest BCUT2D eigenvalue weighted by Gasteiger charge is -2.32. The van der Waals surface area contributed by atoms with Crippen molar-refractivity contribution < 1.29 is 14.1 Å². The third kappa shape index (κ3) is 2.61. The Hall–Kier alpha value is -2.19. The fourth-order valence-electron chi connectivity index (χ4n) is 2.66. The van der Waals surface area contributed by atoms with E-state index in [0.717, 1.165) is 16.6 Å². The van der Waals surface area contributed by atoms with Crippen molar-refractivity contribution >= 4 is 18.5 Å². The van der Waals surface area contributed by atoms with E-state index in [-0.39, 0.29) is 5.69 Å². The number of amides is 1. The van der Waals surface area contributed by atoms with Crippen LogP contribution in [0, 0.1) is 6.92 Å². The van der Waals surface area contributed by atoms with Gasteiger partial charge in [-0.05, 0) is 40.1 Å². The molecule has 2 heterocycles. The lowest BCUT2D eigenvalue weighted by molar-refractivity contribution is 0.00578. The van der Waals surface area contributed by atoms with Crippen LogP contribution in [0.1, 0.15) is 43.7 Å². The summed E-state index contributed by atoms with van der Waals surface area (Å²) in [5.41, 5.74) is 7.77. The molecule has 1 amide bonds. The van der Waals surface area contributed by atoms with Crippen LogP contribution in [0.3, 0.4) is 0 Å². The van der Waals surface area contributed by atoms with Crippen molar-refractivity contribution in [3.8, 4) is 11.3 Å². The van der Waals surface area contributed by atoms with Gasteiger partial charge in [0.05, 0.1) is 11.2 Å². The van der Waals surface area contributed by atoms with E-state index in [1.807, 2.05) is 52.8 Å². The maximum atomic E-state index is 11.4. The zero-order chi connectivity index (χ0) is 17.7. The molecule has 0 radical (unpaired) electrons. The summed E-state index contributed by atoms with van der Waals surface area (Å²) in [7, 11) is -0.433. The number of aryl methyl sites for hydroxylation is 1. The van der Waals surface area contributed by atoms with Crippen molar-refractivity contribution in [2.45, 2.75) is 45.8 Å². The summed E-state index contributed by atoms with van der Waals surface area (Å²) in [6.07, 6.45) is 0. The van der Waals surface area contributed by atoms with E-state index in [0.29, 0.717) is 5.69 Å². The lowest BCUT2D eigenvalue weighted by Crippen LogP contribution is -2.41. The van der Waals surface area contributed by atoms with Gasteiger partial charge in [-0.25, -0.2) is 0 Å². The Bertz CT molecular complexity index is 784. The smallest absolute Gasteiger partial charge is 0.399 e. The van der Waals surface area contributed by atoms with Gasteiger partial charge in [0, 0.05) is 5.56 Å². The summed E-state index contributed by atoms with van der Waals surface area (Å²) in [6, 6.07) is 5.70. The van der Waals surface area contributed by atoms with E-state index >= 15 is 0 Å². The van der Waals surface area contributed by atoms with Crippen molar-refractivity contribution in [1.29, 1.82) is 0 Å². The molecule has 126 valence electrons. The number of primary amides is 1. The first-order valence-corrected chi connectivity index (χ1v) is 7.79. The molecule has 1 aromatic heterocycles. The Labute approximate surface area is 141 Å². The standard InChI is InChI=1S/C16H21BN4O3/c1-9-8-10(12-13(14(18)22)20-21-19-12)6-7-11(9)17-23-15(2,3)16(4,5)24-17/h6-8H,1-5H3,(H2,18,22)(H,19,20,21). The predicted molar refractivity (Wildman–Crippen MR) is 90.8 cm³/mol. The molecule has 24 heavy (non-hydrogen) atoms. The number of carbonyl (C=O) groups excluding carboxylic acids is 1. The first-order chi connectivity index (χ1) is 11.1. The van der Waals surface area contributed by atoms with Crippen LogP contribution in [0.5, 0.6) is 0 Å². The van der Waals surface area contributed by atoms with Crippen LogP contribution in [-0.2, 0) is 9.31 Å². The number of rotatable bonds is 3. The van der Waals surface area contributed by atoms with Crippen molar-refractivity contribution in [3.63, 3.8) is 0 Å². The fourth-order valence-corrected chi connectivity index (χ4v) is 2.66. The Morgan fingerprint density at radius 1 is 1.17 bits per heavy atom. The Morgan fingerprint density at radius 3 is 2.33 bits per heavy atom. The summed E-state index contributed by atoms with van der Waals surface area (Å²) in [5, 5.41) is 10.3. The normalized spacial score (nSPS) is 18.8. The third-order valence-electron chi connectivity index (χ3n) is 4.83. The highest BCUT2D eigenvalue weighted by atomic mass is 16.7. The first kappa shape index (κ1) is 16.7. The van der Waals surface area contributed by atoms with Crippen LogP contribution >= 0.6 is 0 Å². The molecule has 0 saturated carbocycles. The highest BCUT2D eigenvalue weighted by Crippen LogP contribution is 2.36. The minimum Gasteiger partial charge on any atom is -0.399 e. The van der Waals surface area contributed by atoms with Gasteiger partial charge in [0.25, 0.3) is 5.91 Å². The van der Waals surface area contributed by atoms with E-state index in [2.05, 4.69) is 15.4 Å². The largest absolute Gasteiger partial charge is 0.495 e. The molecule has 0 spiro atoms. The predicted octanol–water partition coefficient (Wildman–Crippen LogP) is 1.18. The molecule has 1 aliphatic heterocycles. The number of hydrogen-bond donors (Lipinski definition) is 2. The fraction of sp³-hybridized carbons (Fsp3) is 0.438. The number of nitrogens with one attached hydrogen (secondary N) is 1. The van der Waals surface area contributed by atoms with Gasteiger partial charge in [0.1, 0.15) is 5.69 Å². The van der Waals surface area contributed by atoms with E-state index in [4.69, 9.17) is 15.0 Å². The molecule has 1 saturated heterocycles. The second-order valence-corrected chi connectivity index (χ2v) is 7.04. The summed E-state index contributed by atoms with van der Waals surface area (Å²) < 4.78 is 12.2. The van der Waals surface area contributed by atoms with Gasteiger partial charge in [-0.2, -0.15) is 15.4 Å². The van der Waals surface area contributed by atoms with Gasteiger partial charge in [-0.15, -0.1) is 0 Å². The van der Waals surface area contributed by atoms with Crippen LogP contribution in [0.15, 0.2) is 18.2 Å². The molecule has 0 unspecified atom stereocenters. The molecule has 3 N–H and O–H groups in total. The Kier molecular flexibility index (Phi) is 3.77. The van der Waals surface area contributed by atoms with Crippen molar-refractivity contribution in [1.82, 2.24) is 15.4 Å². The Balaban J connectivity index is 1.95. The zero-order valence-electron chi connectivity index (χ0n) is 14.5. The maximum absolute atomic E-state index is 11.4. The van der Waals surface area contributed by atoms with E-state index in [1.165, 1.54) is 0 Å². The van der Waals surface area contributed by atoms with Gasteiger partial charge < -0.3 is 15.0 Å². The van der Waals surface area contributed by atoms with E-state index in [1.54, 1.807) is 0 Å². The molecule has 0 bridgehead atoms. The summed E-state index contributed by atoms with van der Waals surface area (Å²) >= 11 is 0. The van der Waals surface area contributed by atoms with Gasteiger partial charge >= 0.3 is 7.12 Å². The molecular weight excluding hydrogens is 307 g/mol. The minimum absolute atomic E-state index is 0.123. The van der Waals surface area contributed by atoms with Crippen molar-refractivity contribution in [2.24, 2.45) is 5.73 Å². The molecule has 2 aromatic rings. The van der Waals surface area contributed by atoms with Gasteiger partial charge in [0.2, 0.25) is 0 Å². The average Bonchev–Trinajstić information content (AvgIpc) is 3.02. The molecule has 7 nitrogen and oxygen atoms in total. The lowest BCUT2D eigenvalue weighted by atomic mass is 9.75. The molecule has 1 aliphatic rings. The van der Waals surface area contributed by atoms with E-state index < -0.39 is 24.2 Å². The molecule has 8 heteroatoms. The summed E-state index contributed by atoms with van der Waals surface area (Å²) in [5.74, 6) is -0.619. The van der Waals surface area contributed by atoms with E-state index in [9.17, 15) is 4.79 Å². The number of aromatic amines is 1. The first-order valence-electron chi connectivity index (χ1n) is 7.79. The highest BCUT2D eigenvalue weighted by Gasteiger charge is 2.52. The Morgan fingerprint density at radius 2 is 1.79 bits per heavy atom. The molecule has 3 rings (SSSR count). The summed E-state index contributed by atoms with van der Waals surface area (Å²) in [4.78, 5) is 11.4. The number of benzene rings is 1. The van der Waals surface area contributed by atoms with Gasteiger partial charge in [-0.1, -0.05) is 23.8 Å². The molecule has 1 fully saturated rings. The second kappa shape index (κ2) is 5.42. The maximum Gasteiger partial charge on any atom is 0.495 e. The van der Waals surface area contributed by atoms with Crippen LogP contribution in [0.2, 0.25) is 0 Å². The quantitative estimate of drug-likeness (QED) is 0.824. The summed E-state index contributed by atoms with van der Waals surface area (Å²) in [6.45, 7) is 10.0.